The van der Waals surface area contributed by atoms with Crippen LogP contribution in [-0.2, 0) is 17.6 Å². The fourth-order valence-electron chi connectivity index (χ4n) is 3.46. The number of alkyl carbamates (subject to hydrolysis) is 1. The summed E-state index contributed by atoms with van der Waals surface area (Å²) in [5.41, 5.74) is 3.82. The summed E-state index contributed by atoms with van der Waals surface area (Å²) in [6, 6.07) is 5.62. The maximum atomic E-state index is 12.8. The van der Waals surface area contributed by atoms with Crippen molar-refractivity contribution in [2.24, 2.45) is 0 Å². The predicted molar refractivity (Wildman–Crippen MR) is 109 cm³/mol. The van der Waals surface area contributed by atoms with Crippen molar-refractivity contribution in [1.29, 1.82) is 0 Å². The van der Waals surface area contributed by atoms with Gasteiger partial charge in [-0.05, 0) is 63.6 Å². The van der Waals surface area contributed by atoms with E-state index in [1.807, 2.05) is 26.0 Å². The van der Waals surface area contributed by atoms with E-state index in [1.54, 1.807) is 13.0 Å². The molecule has 0 bridgehead atoms. The molecular weight excluding hydrogens is 376 g/mol. The summed E-state index contributed by atoms with van der Waals surface area (Å²) in [5.74, 6) is -0.796. The lowest BCUT2D eigenvalue weighted by Gasteiger charge is -2.13. The van der Waals surface area contributed by atoms with Crippen LogP contribution in [0, 0.1) is 13.8 Å². The summed E-state index contributed by atoms with van der Waals surface area (Å²) in [4.78, 5) is 38.4. The molecule has 0 atom stereocenters. The molecule has 7 heteroatoms. The summed E-state index contributed by atoms with van der Waals surface area (Å²) in [5, 5.41) is 5.64. The summed E-state index contributed by atoms with van der Waals surface area (Å²) in [6.07, 6.45) is 2.88. The number of imide groups is 1. The SMILES string of the molecule is CCOC(=O)NC(=O)c1c(NC(=O)c2ccc(C)cc2C)sc2c1CCCC2. The Kier molecular flexibility index (Phi) is 6.14. The second-order valence-electron chi connectivity index (χ2n) is 6.86. The monoisotopic (exact) mass is 400 g/mol. The molecule has 1 aliphatic rings. The van der Waals surface area contributed by atoms with E-state index in [0.717, 1.165) is 47.3 Å². The largest absolute Gasteiger partial charge is 0.450 e. The van der Waals surface area contributed by atoms with Crippen LogP contribution >= 0.6 is 11.3 Å². The van der Waals surface area contributed by atoms with Crippen molar-refractivity contribution in [1.82, 2.24) is 5.32 Å². The second-order valence-corrected chi connectivity index (χ2v) is 7.97. The Morgan fingerprint density at radius 1 is 1.11 bits per heavy atom. The standard InChI is InChI=1S/C21H24N2O4S/c1-4-27-21(26)23-19(25)17-15-7-5-6-8-16(15)28-20(17)22-18(24)14-10-9-12(2)11-13(14)3/h9-11H,4-8H2,1-3H3,(H,22,24)(H,23,25,26). The molecule has 6 nitrogen and oxygen atoms in total. The lowest BCUT2D eigenvalue weighted by molar-refractivity contribution is 0.0925. The van der Waals surface area contributed by atoms with Crippen LogP contribution in [0.25, 0.3) is 0 Å². The molecule has 2 aromatic rings. The van der Waals surface area contributed by atoms with Gasteiger partial charge in [0.05, 0.1) is 12.2 Å². The second kappa shape index (κ2) is 8.56. The van der Waals surface area contributed by atoms with E-state index >= 15 is 0 Å². The summed E-state index contributed by atoms with van der Waals surface area (Å²) >= 11 is 1.42. The minimum absolute atomic E-state index is 0.178. The molecule has 0 saturated heterocycles. The summed E-state index contributed by atoms with van der Waals surface area (Å²) in [7, 11) is 0. The molecule has 148 valence electrons. The molecule has 0 unspecified atom stereocenters. The molecule has 1 aromatic heterocycles. The van der Waals surface area contributed by atoms with Gasteiger partial charge in [0.2, 0.25) is 0 Å². The number of amides is 3. The number of hydrogen-bond acceptors (Lipinski definition) is 5. The van der Waals surface area contributed by atoms with Gasteiger partial charge in [0.25, 0.3) is 11.8 Å². The van der Waals surface area contributed by atoms with Gasteiger partial charge in [-0.1, -0.05) is 17.7 Å². The number of rotatable bonds is 4. The molecular formula is C21H24N2O4S. The van der Waals surface area contributed by atoms with Crippen LogP contribution in [-0.4, -0.2) is 24.5 Å². The predicted octanol–water partition coefficient (Wildman–Crippen LogP) is 4.38. The fourth-order valence-corrected chi connectivity index (χ4v) is 4.74. The molecule has 1 aromatic carbocycles. The Labute approximate surface area is 168 Å². The molecule has 0 aliphatic heterocycles. The van der Waals surface area contributed by atoms with Crippen LogP contribution in [0.2, 0.25) is 0 Å². The van der Waals surface area contributed by atoms with Gasteiger partial charge in [0.1, 0.15) is 5.00 Å². The van der Waals surface area contributed by atoms with Crippen LogP contribution in [0.5, 0.6) is 0 Å². The highest BCUT2D eigenvalue weighted by molar-refractivity contribution is 7.17. The minimum Gasteiger partial charge on any atom is -0.450 e. The van der Waals surface area contributed by atoms with Crippen LogP contribution in [0.4, 0.5) is 9.80 Å². The Bertz CT molecular complexity index is 933. The van der Waals surface area contributed by atoms with Crippen molar-refractivity contribution >= 4 is 34.2 Å². The number of carbonyl (C=O) groups excluding carboxylic acids is 3. The van der Waals surface area contributed by atoms with Gasteiger partial charge in [-0.25, -0.2) is 4.79 Å². The zero-order valence-electron chi connectivity index (χ0n) is 16.3. The third-order valence-electron chi connectivity index (χ3n) is 4.74. The number of aryl methyl sites for hydroxylation is 3. The van der Waals surface area contributed by atoms with Crippen molar-refractivity contribution in [2.45, 2.75) is 46.5 Å². The number of nitrogens with one attached hydrogen (secondary N) is 2. The molecule has 0 radical (unpaired) electrons. The van der Waals surface area contributed by atoms with Crippen molar-refractivity contribution in [3.8, 4) is 0 Å². The minimum atomic E-state index is -0.782. The zero-order valence-corrected chi connectivity index (χ0v) is 17.1. The van der Waals surface area contributed by atoms with Gasteiger partial charge < -0.3 is 10.1 Å². The van der Waals surface area contributed by atoms with Gasteiger partial charge >= 0.3 is 6.09 Å². The van der Waals surface area contributed by atoms with Crippen molar-refractivity contribution in [3.05, 3.63) is 50.9 Å². The Balaban J connectivity index is 1.91. The number of carbonyl (C=O) groups is 3. The van der Waals surface area contributed by atoms with Gasteiger partial charge in [-0.3, -0.25) is 14.9 Å². The molecule has 3 rings (SSSR count). The van der Waals surface area contributed by atoms with E-state index in [-0.39, 0.29) is 12.5 Å². The van der Waals surface area contributed by atoms with E-state index < -0.39 is 12.0 Å². The van der Waals surface area contributed by atoms with Gasteiger partial charge in [-0.15, -0.1) is 11.3 Å². The number of hydrogen-bond donors (Lipinski definition) is 2. The van der Waals surface area contributed by atoms with E-state index in [1.165, 1.54) is 11.3 Å². The van der Waals surface area contributed by atoms with Crippen LogP contribution in [0.1, 0.15) is 62.0 Å². The lowest BCUT2D eigenvalue weighted by atomic mass is 9.95. The van der Waals surface area contributed by atoms with Gasteiger partial charge in [-0.2, -0.15) is 0 Å². The normalized spacial score (nSPS) is 12.8. The average molecular weight is 401 g/mol. The topological polar surface area (TPSA) is 84.5 Å². The first kappa shape index (κ1) is 20.1. The first-order valence-electron chi connectivity index (χ1n) is 9.42. The number of thiophene rings is 1. The van der Waals surface area contributed by atoms with Gasteiger partial charge in [0.15, 0.2) is 0 Å². The van der Waals surface area contributed by atoms with E-state index in [2.05, 4.69) is 10.6 Å². The van der Waals surface area contributed by atoms with Crippen molar-refractivity contribution in [3.63, 3.8) is 0 Å². The Morgan fingerprint density at radius 2 is 1.86 bits per heavy atom. The van der Waals surface area contributed by atoms with Crippen molar-refractivity contribution in [2.75, 3.05) is 11.9 Å². The summed E-state index contributed by atoms with van der Waals surface area (Å²) in [6.45, 7) is 5.71. The maximum absolute atomic E-state index is 12.8. The highest BCUT2D eigenvalue weighted by Gasteiger charge is 2.28. The molecule has 1 heterocycles. The third-order valence-corrected chi connectivity index (χ3v) is 5.95. The molecule has 3 amide bonds. The zero-order chi connectivity index (χ0) is 20.3. The molecule has 1 aliphatic carbocycles. The van der Waals surface area contributed by atoms with E-state index in [4.69, 9.17) is 4.74 Å². The molecule has 28 heavy (non-hydrogen) atoms. The first-order valence-corrected chi connectivity index (χ1v) is 10.2. The Morgan fingerprint density at radius 3 is 2.57 bits per heavy atom. The quantitative estimate of drug-likeness (QED) is 0.797. The highest BCUT2D eigenvalue weighted by Crippen LogP contribution is 2.38. The van der Waals surface area contributed by atoms with E-state index in [9.17, 15) is 14.4 Å². The van der Waals surface area contributed by atoms with E-state index in [0.29, 0.717) is 16.1 Å². The van der Waals surface area contributed by atoms with Crippen LogP contribution in [0.3, 0.4) is 0 Å². The number of benzene rings is 1. The Hall–Kier alpha value is -2.67. The lowest BCUT2D eigenvalue weighted by Crippen LogP contribution is -2.32. The number of fused-ring (bicyclic) bond motifs is 1. The smallest absolute Gasteiger partial charge is 0.414 e. The van der Waals surface area contributed by atoms with Crippen LogP contribution in [0.15, 0.2) is 18.2 Å². The van der Waals surface area contributed by atoms with Crippen LogP contribution < -0.4 is 10.6 Å². The molecule has 0 saturated carbocycles. The first-order chi connectivity index (χ1) is 13.4. The van der Waals surface area contributed by atoms with Crippen molar-refractivity contribution < 1.29 is 19.1 Å². The molecule has 0 spiro atoms. The fraction of sp³-hybridized carbons (Fsp3) is 0.381. The maximum Gasteiger partial charge on any atom is 0.414 e. The highest BCUT2D eigenvalue weighted by atomic mass is 32.1. The van der Waals surface area contributed by atoms with Gasteiger partial charge in [0, 0.05) is 10.4 Å². The number of anilines is 1. The third kappa shape index (κ3) is 4.25. The molecule has 2 N–H and O–H groups in total. The molecule has 0 fully saturated rings. The number of ether oxygens (including phenoxy) is 1. The summed E-state index contributed by atoms with van der Waals surface area (Å²) < 4.78 is 4.82. The average Bonchev–Trinajstić information content (AvgIpc) is 2.99.